The van der Waals surface area contributed by atoms with Crippen molar-refractivity contribution in [1.29, 1.82) is 0 Å². The summed E-state index contributed by atoms with van der Waals surface area (Å²) < 4.78 is 6.01. The minimum absolute atomic E-state index is 0.0715. The van der Waals surface area contributed by atoms with Crippen LogP contribution in [0.25, 0.3) is 11.1 Å². The number of aliphatic hydroxyl groups excluding tert-OH is 1. The molecule has 62 heavy (non-hydrogen) atoms. The fraction of sp³-hybridized carbons (Fsp3) is 0.471. The molecule has 9 nitrogen and oxygen atoms in total. The predicted molar refractivity (Wildman–Crippen MR) is 252 cm³/mol. The Hall–Kier alpha value is -4.61. The van der Waals surface area contributed by atoms with Crippen LogP contribution in [0.5, 0.6) is 0 Å². The van der Waals surface area contributed by atoms with Crippen LogP contribution in [0.3, 0.4) is 0 Å². The minimum atomic E-state index is -0.650. The molecule has 11 heteroatoms. The van der Waals surface area contributed by atoms with Crippen molar-refractivity contribution in [3.63, 3.8) is 0 Å². The second-order valence-corrected chi connectivity index (χ2v) is 19.4. The van der Waals surface area contributed by atoms with Crippen molar-refractivity contribution in [2.24, 2.45) is 17.3 Å². The average molecular weight is 877 g/mol. The fourth-order valence-electron chi connectivity index (χ4n) is 8.25. The molecule has 2 aliphatic carbocycles. The molecule has 2 heterocycles. The highest BCUT2D eigenvalue weighted by Gasteiger charge is 2.35. The van der Waals surface area contributed by atoms with Gasteiger partial charge in [-0.1, -0.05) is 86.6 Å². The van der Waals surface area contributed by atoms with Gasteiger partial charge in [-0.25, -0.2) is 19.9 Å². The van der Waals surface area contributed by atoms with E-state index in [1.54, 1.807) is 60.4 Å². The highest BCUT2D eigenvalue weighted by Crippen LogP contribution is 2.41. The molecule has 6 rings (SSSR count). The third kappa shape index (κ3) is 12.7. The molecule has 4 aromatic rings. The number of nitrogens with zero attached hydrogens (tertiary/aromatic N) is 4. The molecule has 0 spiro atoms. The van der Waals surface area contributed by atoms with E-state index in [1.165, 1.54) is 11.1 Å². The number of ketones is 2. The maximum Gasteiger partial charge on any atom is 0.316 e. The lowest BCUT2D eigenvalue weighted by molar-refractivity contribution is -0.149. The van der Waals surface area contributed by atoms with E-state index in [0.717, 1.165) is 93.7 Å². The summed E-state index contributed by atoms with van der Waals surface area (Å²) in [5.74, 6) is 2.58. The number of ether oxygens (including phenoxy) is 1. The van der Waals surface area contributed by atoms with Crippen LogP contribution in [0.15, 0.2) is 83.0 Å². The predicted octanol–water partition coefficient (Wildman–Crippen LogP) is 11.7. The van der Waals surface area contributed by atoms with Gasteiger partial charge in [-0.2, -0.15) is 0 Å². The van der Waals surface area contributed by atoms with Crippen LogP contribution in [-0.4, -0.2) is 54.1 Å². The van der Waals surface area contributed by atoms with E-state index in [9.17, 15) is 19.5 Å². The molecular formula is C51H64N4O5S2. The molecule has 0 radical (unpaired) electrons. The van der Waals surface area contributed by atoms with Gasteiger partial charge in [0.15, 0.2) is 21.9 Å². The minimum Gasteiger partial charge on any atom is -0.512 e. The normalized spacial score (nSPS) is 16.9. The van der Waals surface area contributed by atoms with Gasteiger partial charge in [0.2, 0.25) is 0 Å². The van der Waals surface area contributed by atoms with Gasteiger partial charge in [-0.3, -0.25) is 14.4 Å². The third-order valence-corrected chi connectivity index (χ3v) is 13.2. The quantitative estimate of drug-likeness (QED) is 0.0695. The van der Waals surface area contributed by atoms with Gasteiger partial charge in [-0.15, -0.1) is 0 Å². The summed E-state index contributed by atoms with van der Waals surface area (Å²) in [7, 11) is 0. The Balaban J connectivity index is 0.000000238. The molecule has 330 valence electrons. The zero-order valence-corrected chi connectivity index (χ0v) is 39.7. The molecule has 0 saturated heterocycles. The molecule has 0 fully saturated rings. The first kappa shape index (κ1) is 48.4. The van der Waals surface area contributed by atoms with E-state index in [0.29, 0.717) is 42.6 Å². The Morgan fingerprint density at radius 1 is 0.645 bits per heavy atom. The number of carbonyl (C=O) groups excluding carboxylic acids is 3. The SMILES string of the molecule is CCc1cc(C)cc(CC)c1C1=C(O)CC(CCSc2ncccn2)CC1=O.CCc1cc(C)cc(CC)c1C1=C(OC(=O)C(C)(C)C)CC(CCSc2ncccn2)CC1=O. The third-order valence-electron chi connectivity index (χ3n) is 11.4. The number of esters is 1. The van der Waals surface area contributed by atoms with Crippen molar-refractivity contribution < 1.29 is 24.2 Å². The van der Waals surface area contributed by atoms with E-state index in [2.05, 4.69) is 85.7 Å². The van der Waals surface area contributed by atoms with Gasteiger partial charge in [0.1, 0.15) is 11.5 Å². The van der Waals surface area contributed by atoms with Crippen molar-refractivity contribution in [3.05, 3.63) is 117 Å². The van der Waals surface area contributed by atoms with Crippen molar-refractivity contribution in [3.8, 4) is 0 Å². The number of hydrogen-bond donors (Lipinski definition) is 1. The number of thioether (sulfide) groups is 2. The second kappa shape index (κ2) is 22.7. The highest BCUT2D eigenvalue weighted by molar-refractivity contribution is 7.99. The lowest BCUT2D eigenvalue weighted by atomic mass is 9.79. The number of benzene rings is 2. The molecular weight excluding hydrogens is 813 g/mol. The second-order valence-electron chi connectivity index (χ2n) is 17.3. The topological polar surface area (TPSA) is 132 Å². The number of hydrogen-bond acceptors (Lipinski definition) is 11. The molecule has 2 aliphatic rings. The molecule has 0 bridgehead atoms. The van der Waals surface area contributed by atoms with Crippen LogP contribution >= 0.6 is 23.5 Å². The smallest absolute Gasteiger partial charge is 0.316 e. The lowest BCUT2D eigenvalue weighted by Crippen LogP contribution is -2.27. The van der Waals surface area contributed by atoms with Gasteiger partial charge >= 0.3 is 5.97 Å². The van der Waals surface area contributed by atoms with Crippen LogP contribution in [0.2, 0.25) is 0 Å². The number of aliphatic hydroxyl groups is 1. The fourth-order valence-corrected chi connectivity index (χ4v) is 10.1. The molecule has 0 saturated carbocycles. The number of aromatic nitrogens is 4. The van der Waals surface area contributed by atoms with Crippen LogP contribution in [0.4, 0.5) is 0 Å². The average Bonchev–Trinajstić information content (AvgIpc) is 3.24. The maximum absolute atomic E-state index is 13.6. The standard InChI is InChI=1S/C28H36N2O3S.C23H28N2O2S/c1-7-20-14-18(3)15-21(8-2)24(20)25-22(31)16-19(10-13-34-27-29-11-9-12-30-27)17-23(25)33-26(32)28(4,5)6;1-4-17-11-15(3)12-18(5-2)21(17)22-19(26)13-16(14-20(22)27)7-10-28-23-24-8-6-9-25-23/h9,11-12,14-15,19H,7-8,10,13,16-17H2,1-6H3;6,8-9,11-12,16,26H,4-5,7,10,13-14H2,1-3H3. The van der Waals surface area contributed by atoms with Crippen LogP contribution in [0.1, 0.15) is 131 Å². The van der Waals surface area contributed by atoms with Crippen LogP contribution in [0, 0.1) is 31.1 Å². The number of allylic oxidation sites excluding steroid dienone is 4. The van der Waals surface area contributed by atoms with Crippen molar-refractivity contribution in [2.45, 2.75) is 137 Å². The Morgan fingerprint density at radius 3 is 1.42 bits per heavy atom. The maximum atomic E-state index is 13.6. The first-order chi connectivity index (χ1) is 29.7. The van der Waals surface area contributed by atoms with Crippen molar-refractivity contribution >= 4 is 52.2 Å². The molecule has 0 aliphatic heterocycles. The van der Waals surface area contributed by atoms with E-state index in [1.807, 2.05) is 20.8 Å². The Kier molecular flexibility index (Phi) is 17.7. The number of carbonyl (C=O) groups is 3. The Labute approximate surface area is 377 Å². The molecule has 2 atom stereocenters. The summed E-state index contributed by atoms with van der Waals surface area (Å²) in [6, 6.07) is 12.2. The number of Topliss-reactive ketones (excluding diaryl/α,β-unsaturated/α-hetero) is 2. The molecule has 2 unspecified atom stereocenters. The highest BCUT2D eigenvalue weighted by atomic mass is 32.2. The van der Waals surface area contributed by atoms with Gasteiger partial charge < -0.3 is 9.84 Å². The van der Waals surface area contributed by atoms with E-state index < -0.39 is 5.41 Å². The molecule has 2 aromatic heterocycles. The van der Waals surface area contributed by atoms with E-state index in [4.69, 9.17) is 4.74 Å². The summed E-state index contributed by atoms with van der Waals surface area (Å²) in [5, 5.41) is 12.3. The summed E-state index contributed by atoms with van der Waals surface area (Å²) in [5.41, 5.74) is 9.45. The molecule has 0 amide bonds. The first-order valence-electron chi connectivity index (χ1n) is 22.2. The monoisotopic (exact) mass is 876 g/mol. The van der Waals surface area contributed by atoms with Gasteiger partial charge in [-0.05, 0) is 130 Å². The lowest BCUT2D eigenvalue weighted by Gasteiger charge is -2.29. The van der Waals surface area contributed by atoms with E-state index in [-0.39, 0.29) is 35.1 Å². The first-order valence-corrected chi connectivity index (χ1v) is 24.1. The van der Waals surface area contributed by atoms with Crippen LogP contribution in [-0.2, 0) is 44.8 Å². The number of aryl methyl sites for hydroxylation is 6. The van der Waals surface area contributed by atoms with Gasteiger partial charge in [0.25, 0.3) is 0 Å². The Bertz CT molecular complexity index is 2220. The zero-order chi connectivity index (χ0) is 45.0. The van der Waals surface area contributed by atoms with Crippen molar-refractivity contribution in [1.82, 2.24) is 19.9 Å². The van der Waals surface area contributed by atoms with Crippen LogP contribution < -0.4 is 0 Å². The largest absolute Gasteiger partial charge is 0.512 e. The van der Waals surface area contributed by atoms with E-state index >= 15 is 0 Å². The summed E-state index contributed by atoms with van der Waals surface area (Å²) in [6.07, 6.45) is 14.1. The molecule has 1 N–H and O–H groups in total. The number of rotatable bonds is 15. The van der Waals surface area contributed by atoms with Crippen molar-refractivity contribution in [2.75, 3.05) is 11.5 Å². The van der Waals surface area contributed by atoms with Gasteiger partial charge in [0, 0.05) is 62.0 Å². The molecule has 2 aromatic carbocycles. The summed E-state index contributed by atoms with van der Waals surface area (Å²) >= 11 is 3.18. The Morgan fingerprint density at radius 2 is 1.03 bits per heavy atom. The van der Waals surface area contributed by atoms with Gasteiger partial charge in [0.05, 0.1) is 16.6 Å². The zero-order valence-electron chi connectivity index (χ0n) is 38.1. The summed E-state index contributed by atoms with van der Waals surface area (Å²) in [6.45, 7) is 18.1. The summed E-state index contributed by atoms with van der Waals surface area (Å²) in [4.78, 5) is 56.5.